The number of aromatic nitrogens is 3. The van der Waals surface area contributed by atoms with Crippen LogP contribution in [0.3, 0.4) is 0 Å². The Morgan fingerprint density at radius 2 is 1.56 bits per heavy atom. The van der Waals surface area contributed by atoms with Crippen LogP contribution < -0.4 is 5.56 Å². The topological polar surface area (TPSA) is 50.7 Å². The van der Waals surface area contributed by atoms with Gasteiger partial charge in [0.05, 0.1) is 11.0 Å². The van der Waals surface area contributed by atoms with Crippen LogP contribution in [0.15, 0.2) is 71.7 Å². The van der Waals surface area contributed by atoms with Crippen molar-refractivity contribution < 1.29 is 0 Å². The predicted octanol–water partition coefficient (Wildman–Crippen LogP) is 5.26. The van der Waals surface area contributed by atoms with Gasteiger partial charge in [0.2, 0.25) is 0 Å². The van der Waals surface area contributed by atoms with Gasteiger partial charge in [-0.3, -0.25) is 4.79 Å². The molecule has 4 heteroatoms. The van der Waals surface area contributed by atoms with Gasteiger partial charge < -0.3 is 9.55 Å². The van der Waals surface area contributed by atoms with E-state index >= 15 is 0 Å². The van der Waals surface area contributed by atoms with Gasteiger partial charge in [-0.05, 0) is 32.0 Å². The van der Waals surface area contributed by atoms with E-state index in [-0.39, 0.29) is 5.56 Å². The number of fused-ring (bicyclic) bond motifs is 1. The van der Waals surface area contributed by atoms with Crippen molar-refractivity contribution in [3.05, 3.63) is 88.3 Å². The first-order chi connectivity index (χ1) is 13.0. The van der Waals surface area contributed by atoms with E-state index in [9.17, 15) is 4.79 Å². The minimum Gasteiger partial charge on any atom is -0.338 e. The molecule has 1 N–H and O–H groups in total. The molecular weight excluding hydrogens is 334 g/mol. The zero-order valence-corrected chi connectivity index (χ0v) is 16.7. The molecule has 0 atom stereocenters. The molecule has 0 saturated heterocycles. The second-order valence-electron chi connectivity index (χ2n) is 6.09. The molecule has 4 rings (SSSR count). The van der Waals surface area contributed by atoms with Gasteiger partial charge in [-0.2, -0.15) is 0 Å². The highest BCUT2D eigenvalue weighted by atomic mass is 16.1. The number of aryl methyl sites for hydroxylation is 3. The zero-order chi connectivity index (χ0) is 19.8. The second kappa shape index (κ2) is 9.53. The molecule has 0 unspecified atom stereocenters. The number of aromatic amines is 1. The van der Waals surface area contributed by atoms with Crippen molar-refractivity contribution in [3.63, 3.8) is 0 Å². The Hall–Kier alpha value is -3.14. The van der Waals surface area contributed by atoms with Gasteiger partial charge in [-0.1, -0.05) is 61.9 Å². The van der Waals surface area contributed by atoms with Crippen molar-refractivity contribution in [2.45, 2.75) is 27.7 Å². The first kappa shape index (κ1) is 20.2. The Bertz CT molecular complexity index is 987. The fourth-order valence-corrected chi connectivity index (χ4v) is 2.63. The van der Waals surface area contributed by atoms with Crippen molar-refractivity contribution in [2.75, 3.05) is 0 Å². The van der Waals surface area contributed by atoms with Crippen LogP contribution in [0.5, 0.6) is 0 Å². The lowest BCUT2D eigenvalue weighted by molar-refractivity contribution is 0.849. The molecule has 0 saturated carbocycles. The number of imidazole rings is 1. The molecule has 0 spiro atoms. The smallest absolute Gasteiger partial charge is 0.253 e. The van der Waals surface area contributed by atoms with Crippen LogP contribution in [0, 0.1) is 13.8 Å². The Morgan fingerprint density at radius 1 is 0.926 bits per heavy atom. The van der Waals surface area contributed by atoms with Crippen LogP contribution in [0.1, 0.15) is 25.0 Å². The highest BCUT2D eigenvalue weighted by Gasteiger charge is 2.07. The summed E-state index contributed by atoms with van der Waals surface area (Å²) in [5.41, 5.74) is 4.91. The molecule has 2 aromatic carbocycles. The lowest BCUT2D eigenvalue weighted by atomic mass is 10.2. The van der Waals surface area contributed by atoms with Crippen molar-refractivity contribution >= 4 is 11.0 Å². The number of benzene rings is 2. The monoisotopic (exact) mass is 361 g/mol. The summed E-state index contributed by atoms with van der Waals surface area (Å²) in [4.78, 5) is 19.4. The molecule has 0 aliphatic rings. The van der Waals surface area contributed by atoms with E-state index in [4.69, 9.17) is 0 Å². The number of hydrogen-bond acceptors (Lipinski definition) is 2. The number of nitrogens with one attached hydrogen (secondary N) is 1. The average molecular weight is 361 g/mol. The average Bonchev–Trinajstić information content (AvgIpc) is 3.13. The van der Waals surface area contributed by atoms with Gasteiger partial charge in [-0.25, -0.2) is 4.98 Å². The first-order valence-corrected chi connectivity index (χ1v) is 9.18. The second-order valence-corrected chi connectivity index (χ2v) is 6.09. The summed E-state index contributed by atoms with van der Waals surface area (Å²) in [6.07, 6.45) is 1.80. The fraction of sp³-hybridized carbons (Fsp3) is 0.217. The summed E-state index contributed by atoms with van der Waals surface area (Å²) in [6, 6.07) is 20.0. The molecule has 140 valence electrons. The molecule has 27 heavy (non-hydrogen) atoms. The Balaban J connectivity index is 0.000000244. The fourth-order valence-electron chi connectivity index (χ4n) is 2.63. The summed E-state index contributed by atoms with van der Waals surface area (Å²) in [5, 5.41) is 0. The van der Waals surface area contributed by atoms with Crippen molar-refractivity contribution in [1.82, 2.24) is 14.5 Å². The number of pyridine rings is 1. The van der Waals surface area contributed by atoms with Crippen LogP contribution in [0.4, 0.5) is 0 Å². The Kier molecular flexibility index (Phi) is 7.12. The van der Waals surface area contributed by atoms with Crippen LogP contribution in [-0.2, 0) is 7.05 Å². The highest BCUT2D eigenvalue weighted by molar-refractivity contribution is 5.79. The molecule has 0 bridgehead atoms. The number of para-hydroxylation sites is 2. The lowest BCUT2D eigenvalue weighted by Gasteiger charge is -2.03. The third-order valence-electron chi connectivity index (χ3n) is 3.97. The quantitative estimate of drug-likeness (QED) is 0.503. The molecule has 2 heterocycles. The van der Waals surface area contributed by atoms with Crippen LogP contribution in [-0.4, -0.2) is 14.5 Å². The van der Waals surface area contributed by atoms with Gasteiger partial charge >= 0.3 is 0 Å². The van der Waals surface area contributed by atoms with E-state index in [1.54, 1.807) is 17.8 Å². The van der Waals surface area contributed by atoms with Gasteiger partial charge in [-0.15, -0.1) is 0 Å². The minimum atomic E-state index is 0.0230. The largest absolute Gasteiger partial charge is 0.338 e. The number of nitrogens with zero attached hydrogens (tertiary/aromatic N) is 2. The maximum Gasteiger partial charge on any atom is 0.253 e. The summed E-state index contributed by atoms with van der Waals surface area (Å²) in [5.74, 6) is 0.787. The maximum absolute atomic E-state index is 11.7. The van der Waals surface area contributed by atoms with Crippen molar-refractivity contribution in [2.24, 2.45) is 7.05 Å². The summed E-state index contributed by atoms with van der Waals surface area (Å²) < 4.78 is 1.58. The lowest BCUT2D eigenvalue weighted by Crippen LogP contribution is -2.18. The van der Waals surface area contributed by atoms with E-state index in [1.165, 1.54) is 5.56 Å². The summed E-state index contributed by atoms with van der Waals surface area (Å²) in [7, 11) is 1.75. The molecule has 4 aromatic rings. The van der Waals surface area contributed by atoms with Crippen LogP contribution in [0.2, 0.25) is 0 Å². The van der Waals surface area contributed by atoms with Gasteiger partial charge in [0.1, 0.15) is 5.82 Å². The van der Waals surface area contributed by atoms with Gasteiger partial charge in [0.25, 0.3) is 5.56 Å². The standard InChI is InChI=1S/C14H13N3O.C7H8.C2H6/c1-9-7-10(8-17(2)14(9)18)13-15-11-5-3-4-6-12(11)16-13;1-7-5-3-2-4-6-7;1-2/h3-8H,1-2H3,(H,15,16);2-6H,1H3;1-2H3. The molecule has 2 aromatic heterocycles. The van der Waals surface area contributed by atoms with E-state index in [1.807, 2.05) is 69.3 Å². The number of hydrogen-bond donors (Lipinski definition) is 1. The van der Waals surface area contributed by atoms with Crippen molar-refractivity contribution in [3.8, 4) is 11.4 Å². The van der Waals surface area contributed by atoms with E-state index in [0.717, 1.165) is 28.0 Å². The third-order valence-corrected chi connectivity index (χ3v) is 3.97. The Labute approximate surface area is 160 Å². The van der Waals surface area contributed by atoms with E-state index in [2.05, 4.69) is 29.0 Å². The normalized spacial score (nSPS) is 9.81. The Morgan fingerprint density at radius 3 is 2.11 bits per heavy atom. The van der Waals surface area contributed by atoms with Crippen LogP contribution in [0.25, 0.3) is 22.4 Å². The SMILES string of the molecule is CC.Cc1cc(-c2nc3ccccc3[nH]2)cn(C)c1=O.Cc1ccccc1. The summed E-state index contributed by atoms with van der Waals surface area (Å²) >= 11 is 0. The summed E-state index contributed by atoms with van der Waals surface area (Å²) in [6.45, 7) is 7.90. The van der Waals surface area contributed by atoms with E-state index in [0.29, 0.717) is 0 Å². The molecule has 0 amide bonds. The van der Waals surface area contributed by atoms with E-state index < -0.39 is 0 Å². The molecule has 0 aliphatic heterocycles. The molecular formula is C23H27N3O. The number of H-pyrrole nitrogens is 1. The molecule has 0 radical (unpaired) electrons. The van der Waals surface area contributed by atoms with Crippen molar-refractivity contribution in [1.29, 1.82) is 0 Å². The van der Waals surface area contributed by atoms with Gasteiger partial charge in [0.15, 0.2) is 0 Å². The predicted molar refractivity (Wildman–Crippen MR) is 114 cm³/mol. The highest BCUT2D eigenvalue weighted by Crippen LogP contribution is 2.19. The number of rotatable bonds is 1. The first-order valence-electron chi connectivity index (χ1n) is 9.18. The molecule has 4 nitrogen and oxygen atoms in total. The third kappa shape index (κ3) is 5.17. The van der Waals surface area contributed by atoms with Gasteiger partial charge in [0, 0.05) is 24.4 Å². The molecule has 0 aliphatic carbocycles. The minimum absolute atomic E-state index is 0.0230. The maximum atomic E-state index is 11.7. The zero-order valence-electron chi connectivity index (χ0n) is 16.7. The van der Waals surface area contributed by atoms with Crippen LogP contribution >= 0.6 is 0 Å². The molecule has 0 fully saturated rings.